The van der Waals surface area contributed by atoms with Crippen LogP contribution in [0.25, 0.3) is 0 Å². The molecule has 1 fully saturated rings. The molecular formula is C31H47NO10. The second-order valence-electron chi connectivity index (χ2n) is 11.3. The largest absolute Gasteiger partial charge is 0.513 e. The third-order valence-corrected chi connectivity index (χ3v) is 7.71. The molecule has 5 atom stereocenters. The number of benzene rings is 1. The number of hydrogen-bond acceptors (Lipinski definition) is 10. The minimum Gasteiger partial charge on any atom is -0.480 e. The Bertz CT molecular complexity index is 1040. The van der Waals surface area contributed by atoms with E-state index >= 15 is 0 Å². The molecule has 11 heteroatoms. The predicted octanol–water partition coefficient (Wildman–Crippen LogP) is 6.21. The van der Waals surface area contributed by atoms with E-state index in [4.69, 9.17) is 29.4 Å². The van der Waals surface area contributed by atoms with Crippen LogP contribution >= 0.6 is 0 Å². The van der Waals surface area contributed by atoms with Crippen molar-refractivity contribution in [3.63, 3.8) is 0 Å². The lowest BCUT2D eigenvalue weighted by atomic mass is 9.86. The minimum absolute atomic E-state index is 0.0982. The van der Waals surface area contributed by atoms with E-state index in [0.717, 1.165) is 44.9 Å². The molecule has 2 rings (SSSR count). The summed E-state index contributed by atoms with van der Waals surface area (Å²) in [6.07, 6.45) is 3.66. The Hall–Kier alpha value is -3.34. The molecule has 0 saturated heterocycles. The Morgan fingerprint density at radius 2 is 1.43 bits per heavy atom. The molecule has 1 aliphatic carbocycles. The van der Waals surface area contributed by atoms with E-state index < -0.39 is 36.3 Å². The number of carbonyl (C=O) groups is 4. The van der Waals surface area contributed by atoms with E-state index in [1.807, 2.05) is 27.7 Å². The number of ether oxygens (including phenoxy) is 5. The molecule has 0 aliphatic heterocycles. The Kier molecular flexibility index (Phi) is 14.6. The van der Waals surface area contributed by atoms with E-state index in [-0.39, 0.29) is 54.9 Å². The number of carbonyl (C=O) groups excluding carboxylic acids is 3. The Morgan fingerprint density at radius 1 is 0.881 bits per heavy atom. The smallest absolute Gasteiger partial charge is 0.480 e. The third kappa shape index (κ3) is 11.5. The maximum atomic E-state index is 12.7. The summed E-state index contributed by atoms with van der Waals surface area (Å²) < 4.78 is 26.8. The average molecular weight is 594 g/mol. The first-order valence-corrected chi connectivity index (χ1v) is 15.0. The number of rotatable bonds is 15. The Labute approximate surface area is 248 Å². The van der Waals surface area contributed by atoms with Crippen LogP contribution in [0.5, 0.6) is 11.5 Å². The monoisotopic (exact) mass is 593 g/mol. The SMILES string of the molecule is CCC(C)COC(=O)Oc1ccc(C(CC(C)OC(=O)C2CCCCC2)[C@H](N)C(=O)O)cc1OC(=O)OCC(C)CC. The molecule has 0 radical (unpaired) electrons. The van der Waals surface area contributed by atoms with Crippen LogP contribution in [0.3, 0.4) is 0 Å². The quantitative estimate of drug-likeness (QED) is 0.135. The first-order valence-electron chi connectivity index (χ1n) is 15.0. The topological polar surface area (TPSA) is 161 Å². The summed E-state index contributed by atoms with van der Waals surface area (Å²) in [6.45, 7) is 9.71. The summed E-state index contributed by atoms with van der Waals surface area (Å²) in [5, 5.41) is 9.75. The van der Waals surface area contributed by atoms with Crippen molar-refractivity contribution in [3.8, 4) is 11.5 Å². The molecule has 3 N–H and O–H groups in total. The highest BCUT2D eigenvalue weighted by molar-refractivity contribution is 5.75. The zero-order valence-electron chi connectivity index (χ0n) is 25.5. The highest BCUT2D eigenvalue weighted by Gasteiger charge is 2.31. The van der Waals surface area contributed by atoms with Gasteiger partial charge in [0.2, 0.25) is 0 Å². The Morgan fingerprint density at radius 3 is 1.95 bits per heavy atom. The van der Waals surface area contributed by atoms with E-state index in [2.05, 4.69) is 0 Å². The van der Waals surface area contributed by atoms with Gasteiger partial charge in [0.1, 0.15) is 6.04 Å². The van der Waals surface area contributed by atoms with Gasteiger partial charge in [0.05, 0.1) is 25.2 Å². The highest BCUT2D eigenvalue weighted by atomic mass is 16.7. The molecular weight excluding hydrogens is 546 g/mol. The summed E-state index contributed by atoms with van der Waals surface area (Å²) in [7, 11) is 0. The third-order valence-electron chi connectivity index (χ3n) is 7.71. The molecule has 0 spiro atoms. The first kappa shape index (κ1) is 34.9. The van der Waals surface area contributed by atoms with Gasteiger partial charge in [0.25, 0.3) is 0 Å². The van der Waals surface area contributed by atoms with Crippen molar-refractivity contribution in [3.05, 3.63) is 23.8 Å². The van der Waals surface area contributed by atoms with Gasteiger partial charge >= 0.3 is 24.2 Å². The number of carboxylic acid groups (broad SMARTS) is 1. The van der Waals surface area contributed by atoms with Crippen molar-refractivity contribution in [2.24, 2.45) is 23.5 Å². The Balaban J connectivity index is 2.30. The lowest BCUT2D eigenvalue weighted by Crippen LogP contribution is -2.38. The van der Waals surface area contributed by atoms with Crippen LogP contribution < -0.4 is 15.2 Å². The molecule has 0 bridgehead atoms. The summed E-state index contributed by atoms with van der Waals surface area (Å²) in [6, 6.07) is 2.92. The average Bonchev–Trinajstić information content (AvgIpc) is 2.98. The van der Waals surface area contributed by atoms with Crippen LogP contribution in [0.2, 0.25) is 0 Å². The van der Waals surface area contributed by atoms with E-state index in [1.165, 1.54) is 18.2 Å². The molecule has 11 nitrogen and oxygen atoms in total. The van der Waals surface area contributed by atoms with Crippen molar-refractivity contribution >= 4 is 24.2 Å². The maximum absolute atomic E-state index is 12.7. The van der Waals surface area contributed by atoms with E-state index in [9.17, 15) is 24.3 Å². The van der Waals surface area contributed by atoms with Gasteiger partial charge in [-0.05, 0) is 55.7 Å². The van der Waals surface area contributed by atoms with Crippen molar-refractivity contribution in [1.82, 2.24) is 0 Å². The fourth-order valence-electron chi connectivity index (χ4n) is 4.51. The normalized spacial score (nSPS) is 17.2. The molecule has 1 aromatic carbocycles. The van der Waals surface area contributed by atoms with E-state index in [1.54, 1.807) is 6.92 Å². The number of hydrogen-bond donors (Lipinski definition) is 2. The van der Waals surface area contributed by atoms with Gasteiger partial charge < -0.3 is 34.5 Å². The van der Waals surface area contributed by atoms with E-state index in [0.29, 0.717) is 5.56 Å². The first-order chi connectivity index (χ1) is 19.9. The molecule has 0 aromatic heterocycles. The summed E-state index contributed by atoms with van der Waals surface area (Å²) >= 11 is 0. The molecule has 1 aliphatic rings. The van der Waals surface area contributed by atoms with Crippen molar-refractivity contribution in [2.75, 3.05) is 13.2 Å². The zero-order chi connectivity index (χ0) is 31.2. The van der Waals surface area contributed by atoms with Crippen LogP contribution in [0.4, 0.5) is 9.59 Å². The lowest BCUT2D eigenvalue weighted by molar-refractivity contribution is -0.155. The van der Waals surface area contributed by atoms with Crippen LogP contribution in [0.15, 0.2) is 18.2 Å². The lowest BCUT2D eigenvalue weighted by Gasteiger charge is -2.27. The molecule has 0 amide bonds. The fourth-order valence-corrected chi connectivity index (χ4v) is 4.51. The summed E-state index contributed by atoms with van der Waals surface area (Å²) in [5.74, 6) is -2.60. The van der Waals surface area contributed by atoms with Gasteiger partial charge in [-0.25, -0.2) is 9.59 Å². The van der Waals surface area contributed by atoms with Gasteiger partial charge in [0, 0.05) is 5.92 Å². The highest BCUT2D eigenvalue weighted by Crippen LogP contribution is 2.35. The predicted molar refractivity (Wildman–Crippen MR) is 154 cm³/mol. The molecule has 1 aromatic rings. The number of aliphatic carboxylic acids is 1. The number of nitrogens with two attached hydrogens (primary N) is 1. The minimum atomic E-state index is -1.36. The van der Waals surface area contributed by atoms with Gasteiger partial charge in [-0.3, -0.25) is 9.59 Å². The summed E-state index contributed by atoms with van der Waals surface area (Å²) in [4.78, 5) is 49.5. The fraction of sp³-hybridized carbons (Fsp3) is 0.677. The number of carboxylic acids is 1. The molecule has 1 saturated carbocycles. The van der Waals surface area contributed by atoms with Gasteiger partial charge in [-0.1, -0.05) is 65.9 Å². The second-order valence-corrected chi connectivity index (χ2v) is 11.3. The zero-order valence-corrected chi connectivity index (χ0v) is 25.5. The van der Waals surface area contributed by atoms with Gasteiger partial charge in [-0.15, -0.1) is 0 Å². The van der Waals surface area contributed by atoms with Crippen LogP contribution in [-0.4, -0.2) is 54.7 Å². The maximum Gasteiger partial charge on any atom is 0.513 e. The van der Waals surface area contributed by atoms with Gasteiger partial charge in [-0.2, -0.15) is 0 Å². The number of esters is 1. The molecule has 0 heterocycles. The van der Waals surface area contributed by atoms with Crippen LogP contribution in [0, 0.1) is 17.8 Å². The standard InChI is InChI=1S/C31H47NO10/c1-6-19(3)17-38-30(36)41-25-14-13-23(16-26(25)42-31(37)39-18-20(4)7-2)24(27(32)28(33)34)15-21(5)40-29(35)22-11-9-8-10-12-22/h13-14,16,19-22,24,27H,6-12,15,17-18,32H2,1-5H3,(H,33,34)/t19?,20?,21?,24?,27-/m0/s1. The van der Waals surface area contributed by atoms with Crippen LogP contribution in [-0.2, 0) is 23.8 Å². The van der Waals surface area contributed by atoms with Gasteiger partial charge in [0.15, 0.2) is 11.5 Å². The second kappa shape index (κ2) is 17.6. The summed E-state index contributed by atoms with van der Waals surface area (Å²) in [5.41, 5.74) is 6.47. The molecule has 236 valence electrons. The van der Waals surface area contributed by atoms with Crippen LogP contribution in [0.1, 0.15) is 97.5 Å². The van der Waals surface area contributed by atoms with Crippen molar-refractivity contribution in [2.45, 2.75) is 104 Å². The van der Waals surface area contributed by atoms with Crippen molar-refractivity contribution < 1.29 is 48.0 Å². The molecule has 4 unspecified atom stereocenters. The molecule has 42 heavy (non-hydrogen) atoms. The van der Waals surface area contributed by atoms with Crippen molar-refractivity contribution in [1.29, 1.82) is 0 Å².